The van der Waals surface area contributed by atoms with E-state index in [1.807, 2.05) is 24.3 Å². The molecule has 0 aromatic heterocycles. The van der Waals surface area contributed by atoms with Crippen molar-refractivity contribution in [1.82, 2.24) is 5.32 Å². The zero-order valence-electron chi connectivity index (χ0n) is 13.1. The molecule has 1 aromatic carbocycles. The molecule has 4 heteroatoms. The van der Waals surface area contributed by atoms with E-state index in [-0.39, 0.29) is 17.7 Å². The molecule has 114 valence electrons. The van der Waals surface area contributed by atoms with Gasteiger partial charge >= 0.3 is 0 Å². The van der Waals surface area contributed by atoms with Crippen molar-refractivity contribution < 1.29 is 9.59 Å². The van der Waals surface area contributed by atoms with Crippen LogP contribution in [0.15, 0.2) is 24.3 Å². The molecule has 0 aliphatic carbocycles. The SMILES string of the molecule is CCc1ccc(N2C[C@@H](C(=O)NCC(C)C)CC2=O)cc1. The number of hydrogen-bond donors (Lipinski definition) is 1. The van der Waals surface area contributed by atoms with Crippen LogP contribution in [0.1, 0.15) is 32.8 Å². The van der Waals surface area contributed by atoms with Crippen molar-refractivity contribution in [3.63, 3.8) is 0 Å². The molecule has 1 aliphatic heterocycles. The number of anilines is 1. The summed E-state index contributed by atoms with van der Waals surface area (Å²) in [5.41, 5.74) is 2.13. The molecular formula is C17H24N2O2. The summed E-state index contributed by atoms with van der Waals surface area (Å²) in [6.07, 6.45) is 1.29. The topological polar surface area (TPSA) is 49.4 Å². The minimum Gasteiger partial charge on any atom is -0.356 e. The van der Waals surface area contributed by atoms with Gasteiger partial charge in [0.2, 0.25) is 11.8 Å². The highest BCUT2D eigenvalue weighted by Gasteiger charge is 2.34. The van der Waals surface area contributed by atoms with Gasteiger partial charge in [0.05, 0.1) is 5.92 Å². The largest absolute Gasteiger partial charge is 0.356 e. The zero-order chi connectivity index (χ0) is 15.4. The second-order valence-electron chi connectivity index (χ2n) is 6.06. The first-order valence-electron chi connectivity index (χ1n) is 7.68. The molecular weight excluding hydrogens is 264 g/mol. The minimum atomic E-state index is -0.234. The normalized spacial score (nSPS) is 18.4. The third-order valence-corrected chi connectivity index (χ3v) is 3.84. The molecule has 1 aliphatic rings. The lowest BCUT2D eigenvalue weighted by atomic mass is 10.1. The molecule has 1 aromatic rings. The van der Waals surface area contributed by atoms with E-state index in [0.29, 0.717) is 25.4 Å². The average Bonchev–Trinajstić information content (AvgIpc) is 2.87. The highest BCUT2D eigenvalue weighted by atomic mass is 16.2. The van der Waals surface area contributed by atoms with E-state index in [2.05, 4.69) is 26.1 Å². The van der Waals surface area contributed by atoms with Gasteiger partial charge in [-0.3, -0.25) is 9.59 Å². The first-order valence-corrected chi connectivity index (χ1v) is 7.68. The summed E-state index contributed by atoms with van der Waals surface area (Å²) < 4.78 is 0. The van der Waals surface area contributed by atoms with E-state index in [4.69, 9.17) is 0 Å². The Bertz CT molecular complexity index is 508. The van der Waals surface area contributed by atoms with Gasteiger partial charge in [0.1, 0.15) is 0 Å². The summed E-state index contributed by atoms with van der Waals surface area (Å²) >= 11 is 0. The Hall–Kier alpha value is -1.84. The average molecular weight is 288 g/mol. The lowest BCUT2D eigenvalue weighted by Crippen LogP contribution is -2.35. The van der Waals surface area contributed by atoms with E-state index in [1.165, 1.54) is 5.56 Å². The maximum Gasteiger partial charge on any atom is 0.227 e. The standard InChI is InChI=1S/C17H24N2O2/c1-4-13-5-7-15(8-6-13)19-11-14(9-16(19)20)17(21)18-10-12(2)3/h5-8,12,14H,4,9-11H2,1-3H3,(H,18,21)/t14-/m0/s1. The molecule has 4 nitrogen and oxygen atoms in total. The first kappa shape index (κ1) is 15.5. The lowest BCUT2D eigenvalue weighted by Gasteiger charge is -2.17. The van der Waals surface area contributed by atoms with Gasteiger partial charge in [-0.05, 0) is 30.0 Å². The number of benzene rings is 1. The fraction of sp³-hybridized carbons (Fsp3) is 0.529. The molecule has 0 unspecified atom stereocenters. The van der Waals surface area contributed by atoms with Crippen LogP contribution >= 0.6 is 0 Å². The van der Waals surface area contributed by atoms with Gasteiger partial charge in [-0.25, -0.2) is 0 Å². The number of aryl methyl sites for hydroxylation is 1. The Kier molecular flexibility index (Phi) is 4.99. The lowest BCUT2D eigenvalue weighted by molar-refractivity contribution is -0.126. The Morgan fingerprint density at radius 1 is 1.33 bits per heavy atom. The second-order valence-corrected chi connectivity index (χ2v) is 6.06. The van der Waals surface area contributed by atoms with Gasteiger partial charge in [-0.15, -0.1) is 0 Å². The van der Waals surface area contributed by atoms with E-state index in [1.54, 1.807) is 4.90 Å². The van der Waals surface area contributed by atoms with E-state index < -0.39 is 0 Å². The Morgan fingerprint density at radius 2 is 2.00 bits per heavy atom. The van der Waals surface area contributed by atoms with Crippen LogP contribution in [-0.2, 0) is 16.0 Å². The van der Waals surface area contributed by atoms with Gasteiger partial charge < -0.3 is 10.2 Å². The molecule has 1 saturated heterocycles. The van der Waals surface area contributed by atoms with Crippen LogP contribution in [0, 0.1) is 11.8 Å². The van der Waals surface area contributed by atoms with Crippen LogP contribution in [0.25, 0.3) is 0 Å². The van der Waals surface area contributed by atoms with Crippen LogP contribution in [0.5, 0.6) is 0 Å². The summed E-state index contributed by atoms with van der Waals surface area (Å²) in [6.45, 7) is 7.36. The highest BCUT2D eigenvalue weighted by molar-refractivity contribution is 6.00. The predicted molar refractivity (Wildman–Crippen MR) is 84.1 cm³/mol. The highest BCUT2D eigenvalue weighted by Crippen LogP contribution is 2.25. The van der Waals surface area contributed by atoms with E-state index >= 15 is 0 Å². The first-order chi connectivity index (χ1) is 10.0. The van der Waals surface area contributed by atoms with Crippen molar-refractivity contribution in [3.05, 3.63) is 29.8 Å². The smallest absolute Gasteiger partial charge is 0.227 e. The quantitative estimate of drug-likeness (QED) is 0.904. The van der Waals surface area contributed by atoms with E-state index in [0.717, 1.165) is 12.1 Å². The van der Waals surface area contributed by atoms with Crippen molar-refractivity contribution in [2.45, 2.75) is 33.6 Å². The fourth-order valence-corrected chi connectivity index (χ4v) is 2.49. The van der Waals surface area contributed by atoms with Crippen LogP contribution in [-0.4, -0.2) is 24.9 Å². The summed E-state index contributed by atoms with van der Waals surface area (Å²) in [5.74, 6) is 0.208. The summed E-state index contributed by atoms with van der Waals surface area (Å²) in [5, 5.41) is 2.92. The van der Waals surface area contributed by atoms with Crippen LogP contribution < -0.4 is 10.2 Å². The molecule has 1 atom stereocenters. The van der Waals surface area contributed by atoms with Crippen molar-refractivity contribution in [2.24, 2.45) is 11.8 Å². The van der Waals surface area contributed by atoms with Gasteiger partial charge in [0.25, 0.3) is 0 Å². The molecule has 0 saturated carbocycles. The van der Waals surface area contributed by atoms with Gasteiger partial charge in [-0.1, -0.05) is 32.9 Å². The third-order valence-electron chi connectivity index (χ3n) is 3.84. The minimum absolute atomic E-state index is 0.00951. The van der Waals surface area contributed by atoms with Crippen molar-refractivity contribution in [1.29, 1.82) is 0 Å². The molecule has 1 fully saturated rings. The number of carbonyl (C=O) groups is 2. The molecule has 1 heterocycles. The van der Waals surface area contributed by atoms with Gasteiger partial charge in [0, 0.05) is 25.2 Å². The monoisotopic (exact) mass is 288 g/mol. The maximum absolute atomic E-state index is 12.1. The fourth-order valence-electron chi connectivity index (χ4n) is 2.49. The van der Waals surface area contributed by atoms with Crippen LogP contribution in [0.3, 0.4) is 0 Å². The maximum atomic E-state index is 12.1. The van der Waals surface area contributed by atoms with E-state index in [9.17, 15) is 9.59 Å². The Labute approximate surface area is 126 Å². The van der Waals surface area contributed by atoms with Crippen molar-refractivity contribution in [2.75, 3.05) is 18.0 Å². The molecule has 2 amide bonds. The summed E-state index contributed by atoms with van der Waals surface area (Å²) in [7, 11) is 0. The number of amides is 2. The predicted octanol–water partition coefficient (Wildman–Crippen LogP) is 2.37. The molecule has 0 radical (unpaired) electrons. The third kappa shape index (κ3) is 3.84. The van der Waals surface area contributed by atoms with Gasteiger partial charge in [0.15, 0.2) is 0 Å². The molecule has 1 N–H and O–H groups in total. The number of nitrogens with zero attached hydrogens (tertiary/aromatic N) is 1. The number of rotatable bonds is 5. The number of nitrogens with one attached hydrogen (secondary N) is 1. The summed E-state index contributed by atoms with van der Waals surface area (Å²) in [4.78, 5) is 25.9. The van der Waals surface area contributed by atoms with Crippen LogP contribution in [0.2, 0.25) is 0 Å². The molecule has 21 heavy (non-hydrogen) atoms. The zero-order valence-corrected chi connectivity index (χ0v) is 13.1. The Morgan fingerprint density at radius 3 is 2.57 bits per heavy atom. The molecule has 0 bridgehead atoms. The molecule has 0 spiro atoms. The number of hydrogen-bond acceptors (Lipinski definition) is 2. The number of carbonyl (C=O) groups excluding carboxylic acids is 2. The summed E-state index contributed by atoms with van der Waals surface area (Å²) in [6, 6.07) is 8.00. The second kappa shape index (κ2) is 6.74. The molecule has 2 rings (SSSR count). The van der Waals surface area contributed by atoms with Gasteiger partial charge in [-0.2, -0.15) is 0 Å². The Balaban J connectivity index is 2.00. The van der Waals surface area contributed by atoms with Crippen molar-refractivity contribution in [3.8, 4) is 0 Å². The van der Waals surface area contributed by atoms with Crippen molar-refractivity contribution >= 4 is 17.5 Å². The van der Waals surface area contributed by atoms with Crippen LogP contribution in [0.4, 0.5) is 5.69 Å².